The molecule has 0 bridgehead atoms. The fourth-order valence-electron chi connectivity index (χ4n) is 7.47. The third-order valence-corrected chi connectivity index (χ3v) is 9.70. The lowest BCUT2D eigenvalue weighted by Gasteiger charge is -2.51. The first-order valence-corrected chi connectivity index (χ1v) is 15.6. The fourth-order valence-corrected chi connectivity index (χ4v) is 7.47. The predicted octanol–water partition coefficient (Wildman–Crippen LogP) is 5.69. The van der Waals surface area contributed by atoms with Crippen LogP contribution < -0.4 is 10.9 Å². The molecule has 0 radical (unpaired) electrons. The maximum absolute atomic E-state index is 15.0. The van der Waals surface area contributed by atoms with Crippen molar-refractivity contribution in [2.75, 3.05) is 32.7 Å². The monoisotopic (exact) mass is 589 g/mol. The molecule has 1 aromatic heterocycles. The number of H-pyrrole nitrogens is 1. The zero-order valence-corrected chi connectivity index (χ0v) is 24.8. The van der Waals surface area contributed by atoms with Crippen LogP contribution in [0.3, 0.4) is 0 Å². The highest BCUT2D eigenvalue weighted by Crippen LogP contribution is 2.40. The maximum Gasteiger partial charge on any atom is 0.320 e. The van der Waals surface area contributed by atoms with E-state index in [0.717, 1.165) is 67.6 Å². The van der Waals surface area contributed by atoms with Crippen molar-refractivity contribution in [1.29, 1.82) is 0 Å². The lowest BCUT2D eigenvalue weighted by atomic mass is 9.90. The van der Waals surface area contributed by atoms with E-state index in [1.165, 1.54) is 6.07 Å². The van der Waals surface area contributed by atoms with Crippen molar-refractivity contribution < 1.29 is 13.6 Å². The molecule has 3 fully saturated rings. The molecule has 7 nitrogen and oxygen atoms in total. The Hall–Kier alpha value is -3.56. The van der Waals surface area contributed by atoms with Crippen LogP contribution in [0.25, 0.3) is 11.3 Å². The Morgan fingerprint density at radius 1 is 1.02 bits per heavy atom. The molecular weight excluding hydrogens is 548 g/mol. The van der Waals surface area contributed by atoms with Gasteiger partial charge in [0, 0.05) is 61.1 Å². The van der Waals surface area contributed by atoms with E-state index in [1.807, 2.05) is 54.3 Å². The smallest absolute Gasteiger partial charge is 0.320 e. The van der Waals surface area contributed by atoms with Crippen LogP contribution in [0.5, 0.6) is 0 Å². The highest BCUT2D eigenvalue weighted by Gasteiger charge is 2.46. The first-order valence-electron chi connectivity index (χ1n) is 15.6. The topological polar surface area (TPSA) is 71.7 Å². The van der Waals surface area contributed by atoms with Crippen LogP contribution in [-0.4, -0.2) is 70.0 Å². The van der Waals surface area contributed by atoms with E-state index in [0.29, 0.717) is 39.1 Å². The molecule has 228 valence electrons. The first-order chi connectivity index (χ1) is 20.9. The summed E-state index contributed by atoms with van der Waals surface area (Å²) >= 11 is 0. The van der Waals surface area contributed by atoms with Gasteiger partial charge in [-0.15, -0.1) is 0 Å². The van der Waals surface area contributed by atoms with Crippen molar-refractivity contribution in [3.63, 3.8) is 0 Å². The number of carbonyl (C=O) groups is 1. The van der Waals surface area contributed by atoms with E-state index < -0.39 is 17.7 Å². The number of halogens is 2. The number of aromatic amines is 1. The summed E-state index contributed by atoms with van der Waals surface area (Å²) < 4.78 is 29.3. The summed E-state index contributed by atoms with van der Waals surface area (Å²) in [4.78, 5) is 36.5. The van der Waals surface area contributed by atoms with E-state index in [4.69, 9.17) is 0 Å². The standard InChI is InChI=1S/C34H41F2N5O2/c1-2-37-27-14-17-41(31(21-27)28-20-26(35)11-12-29(28)36)33(43)39-18-19-40(34(23-39)15-6-7-16-34)22-25-10-13-30(38-32(25)42)24-8-4-3-5-9-24/h3-5,8-13,20,27,31,37H,2,6-7,14-19,21-23H2,1H3,(H,38,42)/t27-,31+/m1/s1. The molecular formula is C34H41F2N5O2. The van der Waals surface area contributed by atoms with Crippen LogP contribution in [0, 0.1) is 11.6 Å². The first kappa shape index (κ1) is 29.5. The number of hydrogen-bond donors (Lipinski definition) is 2. The predicted molar refractivity (Wildman–Crippen MR) is 164 cm³/mol. The number of likely N-dealkylation sites (tertiary alicyclic amines) is 1. The molecule has 6 rings (SSSR count). The van der Waals surface area contributed by atoms with Crippen LogP contribution in [0.15, 0.2) is 65.5 Å². The summed E-state index contributed by atoms with van der Waals surface area (Å²) in [5.41, 5.74) is 2.43. The highest BCUT2D eigenvalue weighted by atomic mass is 19.1. The zero-order chi connectivity index (χ0) is 30.0. The Balaban J connectivity index is 1.21. The van der Waals surface area contributed by atoms with E-state index in [2.05, 4.69) is 15.2 Å². The van der Waals surface area contributed by atoms with Gasteiger partial charge in [0.2, 0.25) is 0 Å². The Kier molecular flexibility index (Phi) is 8.63. The van der Waals surface area contributed by atoms with Crippen LogP contribution >= 0.6 is 0 Å². The number of benzene rings is 2. The molecule has 2 N–H and O–H groups in total. The van der Waals surface area contributed by atoms with Crippen molar-refractivity contribution in [3.05, 3.63) is 93.8 Å². The number of nitrogens with zero attached hydrogens (tertiary/aromatic N) is 3. The minimum absolute atomic E-state index is 0.0865. The largest absolute Gasteiger partial charge is 0.322 e. The van der Waals surface area contributed by atoms with Gasteiger partial charge in [-0.05, 0) is 62.1 Å². The molecule has 3 heterocycles. The zero-order valence-electron chi connectivity index (χ0n) is 24.8. The summed E-state index contributed by atoms with van der Waals surface area (Å²) in [6.07, 6.45) is 5.37. The summed E-state index contributed by atoms with van der Waals surface area (Å²) in [5.74, 6) is -0.985. The molecule has 3 aliphatic rings. The average Bonchev–Trinajstić information content (AvgIpc) is 3.49. The van der Waals surface area contributed by atoms with Crippen LogP contribution in [0.1, 0.15) is 62.6 Å². The van der Waals surface area contributed by atoms with Crippen molar-refractivity contribution >= 4 is 6.03 Å². The van der Waals surface area contributed by atoms with Gasteiger partial charge in [-0.25, -0.2) is 13.6 Å². The Labute approximate surface area is 251 Å². The molecule has 2 aliphatic heterocycles. The van der Waals surface area contributed by atoms with E-state index in [1.54, 1.807) is 4.90 Å². The number of pyridine rings is 1. The van der Waals surface area contributed by atoms with Crippen molar-refractivity contribution in [1.82, 2.24) is 25.0 Å². The molecule has 9 heteroatoms. The van der Waals surface area contributed by atoms with Crippen molar-refractivity contribution in [2.24, 2.45) is 0 Å². The third-order valence-electron chi connectivity index (χ3n) is 9.70. The van der Waals surface area contributed by atoms with Crippen LogP contribution in [0.4, 0.5) is 13.6 Å². The molecule has 2 aromatic carbocycles. The normalized spacial score (nSPS) is 22.3. The number of amides is 2. The second-order valence-electron chi connectivity index (χ2n) is 12.3. The van der Waals surface area contributed by atoms with Gasteiger partial charge in [-0.2, -0.15) is 0 Å². The minimum Gasteiger partial charge on any atom is -0.322 e. The molecule has 2 amide bonds. The van der Waals surface area contributed by atoms with Gasteiger partial charge in [-0.1, -0.05) is 56.2 Å². The Morgan fingerprint density at radius 3 is 2.56 bits per heavy atom. The molecule has 2 atom stereocenters. The number of rotatable bonds is 6. The summed E-state index contributed by atoms with van der Waals surface area (Å²) in [6.45, 7) is 5.55. The number of carbonyl (C=O) groups excluding carboxylic acids is 1. The van der Waals surface area contributed by atoms with Gasteiger partial charge in [0.25, 0.3) is 5.56 Å². The highest BCUT2D eigenvalue weighted by molar-refractivity contribution is 5.75. The average molecular weight is 590 g/mol. The summed E-state index contributed by atoms with van der Waals surface area (Å²) in [5, 5.41) is 3.44. The Morgan fingerprint density at radius 2 is 1.81 bits per heavy atom. The SMILES string of the molecule is CCN[C@@H]1CCN(C(=O)N2CCN(Cc3ccc(-c4ccccc4)[nH]c3=O)C3(CCCC3)C2)[C@H](c2cc(F)ccc2F)C1. The third kappa shape index (κ3) is 6.10. The second-order valence-corrected chi connectivity index (χ2v) is 12.3. The minimum atomic E-state index is -0.541. The van der Waals surface area contributed by atoms with E-state index >= 15 is 4.39 Å². The molecule has 1 saturated carbocycles. The van der Waals surface area contributed by atoms with Crippen LogP contribution in [0.2, 0.25) is 0 Å². The maximum atomic E-state index is 15.0. The number of urea groups is 1. The van der Waals surface area contributed by atoms with Gasteiger partial charge in [0.15, 0.2) is 0 Å². The summed E-state index contributed by atoms with van der Waals surface area (Å²) in [7, 11) is 0. The van der Waals surface area contributed by atoms with Gasteiger partial charge >= 0.3 is 6.03 Å². The lowest BCUT2D eigenvalue weighted by Crippen LogP contribution is -2.64. The fraction of sp³-hybridized carbons (Fsp3) is 0.471. The number of aromatic nitrogens is 1. The number of nitrogens with one attached hydrogen (secondary N) is 2. The van der Waals surface area contributed by atoms with Gasteiger partial charge in [0.05, 0.1) is 6.04 Å². The molecule has 2 saturated heterocycles. The molecule has 3 aromatic rings. The number of piperidine rings is 1. The lowest BCUT2D eigenvalue weighted by molar-refractivity contribution is -0.00246. The van der Waals surface area contributed by atoms with Crippen molar-refractivity contribution in [3.8, 4) is 11.3 Å². The Bertz CT molecular complexity index is 1490. The van der Waals surface area contributed by atoms with Gasteiger partial charge < -0.3 is 20.1 Å². The van der Waals surface area contributed by atoms with E-state index in [9.17, 15) is 14.0 Å². The van der Waals surface area contributed by atoms with Gasteiger partial charge in [0.1, 0.15) is 11.6 Å². The van der Waals surface area contributed by atoms with Gasteiger partial charge in [-0.3, -0.25) is 9.69 Å². The van der Waals surface area contributed by atoms with Crippen molar-refractivity contribution in [2.45, 2.75) is 69.6 Å². The molecule has 0 unspecified atom stereocenters. The van der Waals surface area contributed by atoms with E-state index in [-0.39, 0.29) is 28.7 Å². The molecule has 43 heavy (non-hydrogen) atoms. The molecule has 1 aliphatic carbocycles. The summed E-state index contributed by atoms with van der Waals surface area (Å²) in [6, 6.07) is 16.7. The second kappa shape index (κ2) is 12.6. The number of hydrogen-bond acceptors (Lipinski definition) is 4. The quantitative estimate of drug-likeness (QED) is 0.388. The van der Waals surface area contributed by atoms with Crippen LogP contribution in [-0.2, 0) is 6.54 Å². The molecule has 1 spiro atoms. The number of piperazine rings is 1.